The van der Waals surface area contributed by atoms with Gasteiger partial charge in [-0.1, -0.05) is 24.3 Å². The van der Waals surface area contributed by atoms with Crippen molar-refractivity contribution in [1.82, 2.24) is 5.32 Å². The zero-order valence-electron chi connectivity index (χ0n) is 13.4. The van der Waals surface area contributed by atoms with E-state index in [1.165, 1.54) is 34.0 Å². The van der Waals surface area contributed by atoms with Gasteiger partial charge in [0.15, 0.2) is 0 Å². The third kappa shape index (κ3) is 4.49. The lowest BCUT2D eigenvalue weighted by atomic mass is 9.98. The summed E-state index contributed by atoms with van der Waals surface area (Å²) in [4.78, 5) is 2.49. The first kappa shape index (κ1) is 16.8. The molecule has 0 unspecified atom stereocenters. The molecule has 2 aromatic carbocycles. The van der Waals surface area contributed by atoms with Crippen molar-refractivity contribution in [2.45, 2.75) is 25.9 Å². The Morgan fingerprint density at radius 2 is 1.71 bits per heavy atom. The number of hydrogen-bond donors (Lipinski definition) is 1. The van der Waals surface area contributed by atoms with Crippen LogP contribution < -0.4 is 5.32 Å². The summed E-state index contributed by atoms with van der Waals surface area (Å²) in [5, 5.41) is 3.48. The molecular weight excluding hydrogens is 324 g/mol. The van der Waals surface area contributed by atoms with Gasteiger partial charge in [0, 0.05) is 22.3 Å². The minimum atomic E-state index is -0.259. The van der Waals surface area contributed by atoms with Crippen molar-refractivity contribution >= 4 is 11.3 Å². The number of nitrogens with one attached hydrogen (secondary N) is 1. The predicted molar refractivity (Wildman–Crippen MR) is 95.1 cm³/mol. The summed E-state index contributed by atoms with van der Waals surface area (Å²) in [5.74, 6) is -0.509. The van der Waals surface area contributed by atoms with Crippen molar-refractivity contribution in [2.75, 3.05) is 0 Å². The summed E-state index contributed by atoms with van der Waals surface area (Å²) in [6.45, 7) is 2.78. The highest BCUT2D eigenvalue weighted by atomic mass is 32.1. The lowest BCUT2D eigenvalue weighted by Crippen LogP contribution is -2.22. The summed E-state index contributed by atoms with van der Waals surface area (Å²) in [7, 11) is 0. The second-order valence-electron chi connectivity index (χ2n) is 5.83. The van der Waals surface area contributed by atoms with Crippen LogP contribution in [0, 0.1) is 18.6 Å². The Balaban J connectivity index is 1.80. The molecule has 0 spiro atoms. The van der Waals surface area contributed by atoms with Gasteiger partial charge in [-0.2, -0.15) is 0 Å². The third-order valence-corrected chi connectivity index (χ3v) is 4.90. The molecule has 3 rings (SSSR count). The standard InChI is InChI=1S/C20H19F2NS/c1-14-8-9-19(24-14)13-23-20(16-5-3-7-18(22)12-16)11-15-4-2-6-17(21)10-15/h2-10,12,20,23H,11,13H2,1H3/t20-/m1/s1. The lowest BCUT2D eigenvalue weighted by Gasteiger charge is -2.19. The van der Waals surface area contributed by atoms with Crippen LogP contribution in [0.2, 0.25) is 0 Å². The molecule has 1 N–H and O–H groups in total. The van der Waals surface area contributed by atoms with E-state index in [2.05, 4.69) is 24.4 Å². The second-order valence-corrected chi connectivity index (χ2v) is 7.21. The molecule has 3 aromatic rings. The van der Waals surface area contributed by atoms with Gasteiger partial charge in [0.25, 0.3) is 0 Å². The van der Waals surface area contributed by atoms with Crippen LogP contribution in [0.3, 0.4) is 0 Å². The first-order valence-electron chi connectivity index (χ1n) is 7.89. The van der Waals surface area contributed by atoms with Gasteiger partial charge >= 0.3 is 0 Å². The highest BCUT2D eigenvalue weighted by Gasteiger charge is 2.14. The number of halogens is 2. The molecule has 0 saturated carbocycles. The number of rotatable bonds is 6. The maximum atomic E-state index is 13.6. The van der Waals surface area contributed by atoms with Gasteiger partial charge in [-0.3, -0.25) is 0 Å². The molecular formula is C20H19F2NS. The Kier molecular flexibility index (Phi) is 5.38. The SMILES string of the molecule is Cc1ccc(CN[C@H](Cc2cccc(F)c2)c2cccc(F)c2)s1. The van der Waals surface area contributed by atoms with Crippen molar-refractivity contribution in [3.05, 3.63) is 93.2 Å². The average molecular weight is 343 g/mol. The Labute approximate surface area is 145 Å². The molecule has 0 aliphatic rings. The molecule has 1 nitrogen and oxygen atoms in total. The van der Waals surface area contributed by atoms with E-state index in [-0.39, 0.29) is 17.7 Å². The maximum Gasteiger partial charge on any atom is 0.123 e. The van der Waals surface area contributed by atoms with Gasteiger partial charge < -0.3 is 5.32 Å². The number of benzene rings is 2. The first-order valence-corrected chi connectivity index (χ1v) is 8.70. The highest BCUT2D eigenvalue weighted by Crippen LogP contribution is 2.22. The molecule has 0 fully saturated rings. The van der Waals surface area contributed by atoms with Crippen LogP contribution in [0.25, 0.3) is 0 Å². The topological polar surface area (TPSA) is 12.0 Å². The second kappa shape index (κ2) is 7.69. The normalized spacial score (nSPS) is 12.3. The number of aryl methyl sites for hydroxylation is 1. The van der Waals surface area contributed by atoms with E-state index in [9.17, 15) is 8.78 Å². The largest absolute Gasteiger partial charge is 0.305 e. The fourth-order valence-electron chi connectivity index (χ4n) is 2.73. The zero-order valence-corrected chi connectivity index (χ0v) is 14.2. The minimum absolute atomic E-state index is 0.0788. The fourth-order valence-corrected chi connectivity index (χ4v) is 3.58. The van der Waals surface area contributed by atoms with E-state index in [1.54, 1.807) is 23.5 Å². The molecule has 1 atom stereocenters. The number of thiophene rings is 1. The smallest absolute Gasteiger partial charge is 0.123 e. The van der Waals surface area contributed by atoms with E-state index < -0.39 is 0 Å². The summed E-state index contributed by atoms with van der Waals surface area (Å²) in [6.07, 6.45) is 0.603. The van der Waals surface area contributed by atoms with Crippen molar-refractivity contribution < 1.29 is 8.78 Å². The van der Waals surface area contributed by atoms with Gasteiger partial charge in [-0.05, 0) is 60.9 Å². The van der Waals surface area contributed by atoms with Crippen molar-refractivity contribution in [3.63, 3.8) is 0 Å². The molecule has 0 aliphatic heterocycles. The van der Waals surface area contributed by atoms with Gasteiger partial charge in [0.2, 0.25) is 0 Å². The minimum Gasteiger partial charge on any atom is -0.305 e. The van der Waals surface area contributed by atoms with Crippen molar-refractivity contribution in [1.29, 1.82) is 0 Å². The molecule has 1 heterocycles. The molecule has 0 amide bonds. The average Bonchev–Trinajstić information content (AvgIpc) is 2.97. The van der Waals surface area contributed by atoms with E-state index in [4.69, 9.17) is 0 Å². The van der Waals surface area contributed by atoms with Gasteiger partial charge in [0.1, 0.15) is 11.6 Å². The summed E-state index contributed by atoms with van der Waals surface area (Å²) < 4.78 is 27.1. The Morgan fingerprint density at radius 3 is 2.38 bits per heavy atom. The van der Waals surface area contributed by atoms with Crippen LogP contribution in [-0.4, -0.2) is 0 Å². The van der Waals surface area contributed by atoms with Crippen LogP contribution >= 0.6 is 11.3 Å². The molecule has 4 heteroatoms. The monoisotopic (exact) mass is 343 g/mol. The number of hydrogen-bond acceptors (Lipinski definition) is 2. The molecule has 0 saturated heterocycles. The Morgan fingerprint density at radius 1 is 0.958 bits per heavy atom. The predicted octanol–water partition coefficient (Wildman–Crippen LogP) is 5.41. The Bertz CT molecular complexity index is 813. The summed E-state index contributed by atoms with van der Waals surface area (Å²) in [5.41, 5.74) is 1.76. The highest BCUT2D eigenvalue weighted by molar-refractivity contribution is 7.11. The lowest BCUT2D eigenvalue weighted by molar-refractivity contribution is 0.526. The zero-order chi connectivity index (χ0) is 16.9. The molecule has 1 aromatic heterocycles. The van der Waals surface area contributed by atoms with Crippen molar-refractivity contribution in [3.8, 4) is 0 Å². The molecule has 0 aliphatic carbocycles. The van der Waals surface area contributed by atoms with E-state index in [1.807, 2.05) is 12.1 Å². The maximum absolute atomic E-state index is 13.6. The van der Waals surface area contributed by atoms with Crippen LogP contribution in [-0.2, 0) is 13.0 Å². The van der Waals surface area contributed by atoms with Crippen LogP contribution in [0.4, 0.5) is 8.78 Å². The van der Waals surface area contributed by atoms with E-state index in [0.717, 1.165) is 11.1 Å². The van der Waals surface area contributed by atoms with E-state index >= 15 is 0 Å². The van der Waals surface area contributed by atoms with Crippen LogP contribution in [0.1, 0.15) is 26.9 Å². The van der Waals surface area contributed by atoms with Gasteiger partial charge in [-0.25, -0.2) is 8.78 Å². The van der Waals surface area contributed by atoms with Crippen LogP contribution in [0.15, 0.2) is 60.7 Å². The van der Waals surface area contributed by atoms with Gasteiger partial charge in [-0.15, -0.1) is 11.3 Å². The fraction of sp³-hybridized carbons (Fsp3) is 0.200. The first-order chi connectivity index (χ1) is 11.6. The van der Waals surface area contributed by atoms with E-state index in [0.29, 0.717) is 13.0 Å². The van der Waals surface area contributed by atoms with Crippen molar-refractivity contribution in [2.24, 2.45) is 0 Å². The molecule has 24 heavy (non-hydrogen) atoms. The quantitative estimate of drug-likeness (QED) is 0.631. The Hall–Kier alpha value is -2.04. The third-order valence-electron chi connectivity index (χ3n) is 3.90. The van der Waals surface area contributed by atoms with Crippen LogP contribution in [0.5, 0.6) is 0 Å². The summed E-state index contributed by atoms with van der Waals surface area (Å²) >= 11 is 1.74. The molecule has 0 radical (unpaired) electrons. The summed E-state index contributed by atoms with van der Waals surface area (Å²) in [6, 6.07) is 17.3. The molecule has 0 bridgehead atoms. The molecule has 124 valence electrons. The van der Waals surface area contributed by atoms with Gasteiger partial charge in [0.05, 0.1) is 0 Å².